The van der Waals surface area contributed by atoms with Crippen molar-refractivity contribution in [2.75, 3.05) is 45.8 Å². The second kappa shape index (κ2) is 14.4. The second-order valence-corrected chi connectivity index (χ2v) is 12.6. The molecule has 1 saturated heterocycles. The molecule has 1 unspecified atom stereocenters. The van der Waals surface area contributed by atoms with E-state index >= 15 is 0 Å². The van der Waals surface area contributed by atoms with Crippen LogP contribution in [0.2, 0.25) is 0 Å². The zero-order valence-corrected chi connectivity index (χ0v) is 25.5. The SMILES string of the molecule is CC(CC(=O)NCCC(=O)NCCN1CCN(C(=O)c2cc(-c3ccccc3)nc3ccccc23)CC1)CC(C)(C)C. The van der Waals surface area contributed by atoms with E-state index in [1.54, 1.807) is 0 Å². The summed E-state index contributed by atoms with van der Waals surface area (Å²) >= 11 is 0. The molecule has 1 aliphatic heterocycles. The first-order chi connectivity index (χ1) is 20.1. The number of pyridine rings is 1. The van der Waals surface area contributed by atoms with Crippen molar-refractivity contribution in [1.29, 1.82) is 0 Å². The minimum Gasteiger partial charge on any atom is -0.356 e. The Bertz CT molecular complexity index is 1360. The van der Waals surface area contributed by atoms with Crippen molar-refractivity contribution in [3.8, 4) is 11.3 Å². The molecule has 4 rings (SSSR count). The van der Waals surface area contributed by atoms with Crippen LogP contribution in [-0.2, 0) is 9.59 Å². The molecule has 1 aromatic heterocycles. The van der Waals surface area contributed by atoms with E-state index in [2.05, 4.69) is 43.2 Å². The summed E-state index contributed by atoms with van der Waals surface area (Å²) in [6.07, 6.45) is 1.74. The lowest BCUT2D eigenvalue weighted by molar-refractivity contribution is -0.122. The highest BCUT2D eigenvalue weighted by molar-refractivity contribution is 6.07. The molecule has 0 spiro atoms. The third-order valence-corrected chi connectivity index (χ3v) is 7.59. The lowest BCUT2D eigenvalue weighted by Crippen LogP contribution is -2.50. The predicted molar refractivity (Wildman–Crippen MR) is 168 cm³/mol. The molecule has 0 saturated carbocycles. The standard InChI is InChI=1S/C34H45N5O3/c1-25(24-34(2,3)4)22-32(41)35-15-14-31(40)36-16-17-38-18-20-39(21-19-38)33(42)28-23-30(26-10-6-5-7-11-26)37-29-13-9-8-12-27(28)29/h5-13,23,25H,14-22,24H2,1-4H3,(H,35,41)(H,36,40). The highest BCUT2D eigenvalue weighted by Crippen LogP contribution is 2.27. The Morgan fingerprint density at radius 2 is 1.55 bits per heavy atom. The molecule has 0 aliphatic carbocycles. The molecule has 3 amide bonds. The molecule has 1 aliphatic rings. The molecule has 1 fully saturated rings. The van der Waals surface area contributed by atoms with Gasteiger partial charge >= 0.3 is 0 Å². The Morgan fingerprint density at radius 3 is 2.26 bits per heavy atom. The normalized spacial score (nSPS) is 14.9. The van der Waals surface area contributed by atoms with Gasteiger partial charge in [0.15, 0.2) is 0 Å². The first-order valence-corrected chi connectivity index (χ1v) is 15.1. The smallest absolute Gasteiger partial charge is 0.254 e. The van der Waals surface area contributed by atoms with Crippen LogP contribution in [0.5, 0.6) is 0 Å². The van der Waals surface area contributed by atoms with Crippen molar-refractivity contribution < 1.29 is 14.4 Å². The van der Waals surface area contributed by atoms with E-state index in [1.165, 1.54) is 0 Å². The number of hydrogen-bond donors (Lipinski definition) is 2. The van der Waals surface area contributed by atoms with Crippen molar-refractivity contribution >= 4 is 28.6 Å². The number of nitrogens with one attached hydrogen (secondary N) is 2. The summed E-state index contributed by atoms with van der Waals surface area (Å²) in [6, 6.07) is 19.7. The number of rotatable bonds is 11. The highest BCUT2D eigenvalue weighted by Gasteiger charge is 2.24. The molecular formula is C34H45N5O3. The van der Waals surface area contributed by atoms with Gasteiger partial charge in [0.2, 0.25) is 11.8 Å². The van der Waals surface area contributed by atoms with Crippen molar-refractivity contribution in [1.82, 2.24) is 25.4 Å². The Balaban J connectivity index is 1.20. The number of piperazine rings is 1. The summed E-state index contributed by atoms with van der Waals surface area (Å²) in [5.74, 6) is 0.271. The summed E-state index contributed by atoms with van der Waals surface area (Å²) < 4.78 is 0. The molecule has 42 heavy (non-hydrogen) atoms. The monoisotopic (exact) mass is 571 g/mol. The fourth-order valence-electron chi connectivity index (χ4n) is 5.72. The van der Waals surface area contributed by atoms with E-state index in [9.17, 15) is 14.4 Å². The van der Waals surface area contributed by atoms with Gasteiger partial charge in [0.1, 0.15) is 0 Å². The number of hydrogen-bond acceptors (Lipinski definition) is 5. The minimum atomic E-state index is -0.0642. The third-order valence-electron chi connectivity index (χ3n) is 7.59. The molecule has 2 N–H and O–H groups in total. The van der Waals surface area contributed by atoms with Crippen LogP contribution in [0, 0.1) is 11.3 Å². The molecule has 2 heterocycles. The largest absolute Gasteiger partial charge is 0.356 e. The molecule has 8 nitrogen and oxygen atoms in total. The Kier molecular flexibility index (Phi) is 10.7. The second-order valence-electron chi connectivity index (χ2n) is 12.6. The van der Waals surface area contributed by atoms with Crippen LogP contribution in [0.3, 0.4) is 0 Å². The van der Waals surface area contributed by atoms with Crippen LogP contribution in [0.1, 0.15) is 57.3 Å². The lowest BCUT2D eigenvalue weighted by Gasteiger charge is -2.35. The zero-order valence-electron chi connectivity index (χ0n) is 25.5. The summed E-state index contributed by atoms with van der Waals surface area (Å²) in [6.45, 7) is 13.0. The molecule has 8 heteroatoms. The van der Waals surface area contributed by atoms with E-state index in [0.29, 0.717) is 44.1 Å². The number of para-hydroxylation sites is 1. The number of aromatic nitrogens is 1. The molecule has 0 bridgehead atoms. The first kappa shape index (κ1) is 31.2. The van der Waals surface area contributed by atoms with Gasteiger partial charge in [-0.2, -0.15) is 0 Å². The average molecular weight is 572 g/mol. The summed E-state index contributed by atoms with van der Waals surface area (Å²) in [4.78, 5) is 47.1. The Labute approximate surface area is 249 Å². The van der Waals surface area contributed by atoms with Crippen LogP contribution in [-0.4, -0.2) is 78.3 Å². The lowest BCUT2D eigenvalue weighted by atomic mass is 9.84. The maximum absolute atomic E-state index is 13.7. The molecule has 2 aromatic carbocycles. The predicted octanol–water partition coefficient (Wildman–Crippen LogP) is 4.74. The number of carbonyl (C=O) groups excluding carboxylic acids is 3. The topological polar surface area (TPSA) is 94.6 Å². The molecule has 1 atom stereocenters. The van der Waals surface area contributed by atoms with E-state index in [4.69, 9.17) is 4.98 Å². The van der Waals surface area contributed by atoms with Crippen LogP contribution in [0.4, 0.5) is 0 Å². The maximum Gasteiger partial charge on any atom is 0.254 e. The quantitative estimate of drug-likeness (QED) is 0.347. The number of fused-ring (bicyclic) bond motifs is 1. The van der Waals surface area contributed by atoms with Gasteiger partial charge in [0, 0.05) is 69.6 Å². The van der Waals surface area contributed by atoms with Crippen molar-refractivity contribution in [3.05, 3.63) is 66.2 Å². The first-order valence-electron chi connectivity index (χ1n) is 15.1. The van der Waals surface area contributed by atoms with Gasteiger partial charge in [-0.25, -0.2) is 4.98 Å². The summed E-state index contributed by atoms with van der Waals surface area (Å²) in [5.41, 5.74) is 3.46. The zero-order chi connectivity index (χ0) is 30.1. The van der Waals surface area contributed by atoms with E-state index in [1.807, 2.05) is 65.6 Å². The van der Waals surface area contributed by atoms with Gasteiger partial charge < -0.3 is 15.5 Å². The Hall–Kier alpha value is -3.78. The van der Waals surface area contributed by atoms with Crippen LogP contribution in [0.15, 0.2) is 60.7 Å². The highest BCUT2D eigenvalue weighted by atomic mass is 16.2. The Morgan fingerprint density at radius 1 is 0.881 bits per heavy atom. The van der Waals surface area contributed by atoms with Gasteiger partial charge in [0.25, 0.3) is 5.91 Å². The van der Waals surface area contributed by atoms with Gasteiger partial charge in [0.05, 0.1) is 16.8 Å². The van der Waals surface area contributed by atoms with E-state index in [0.717, 1.165) is 48.2 Å². The van der Waals surface area contributed by atoms with Crippen molar-refractivity contribution in [3.63, 3.8) is 0 Å². The van der Waals surface area contributed by atoms with Crippen LogP contribution in [0.25, 0.3) is 22.2 Å². The summed E-state index contributed by atoms with van der Waals surface area (Å²) in [7, 11) is 0. The summed E-state index contributed by atoms with van der Waals surface area (Å²) in [5, 5.41) is 6.69. The molecule has 0 radical (unpaired) electrons. The van der Waals surface area contributed by atoms with Crippen LogP contribution < -0.4 is 10.6 Å². The molecule has 3 aromatic rings. The fraction of sp³-hybridized carbons (Fsp3) is 0.471. The van der Waals surface area contributed by atoms with Crippen LogP contribution >= 0.6 is 0 Å². The maximum atomic E-state index is 13.7. The number of amides is 3. The minimum absolute atomic E-state index is 0.00280. The molecule has 224 valence electrons. The van der Waals surface area contributed by atoms with Gasteiger partial charge in [-0.1, -0.05) is 76.2 Å². The number of benzene rings is 2. The fourth-order valence-corrected chi connectivity index (χ4v) is 5.72. The van der Waals surface area contributed by atoms with E-state index in [-0.39, 0.29) is 29.6 Å². The number of nitrogens with zero attached hydrogens (tertiary/aromatic N) is 3. The third kappa shape index (κ3) is 9.11. The van der Waals surface area contributed by atoms with Crippen molar-refractivity contribution in [2.24, 2.45) is 11.3 Å². The average Bonchev–Trinajstić information content (AvgIpc) is 2.96. The van der Waals surface area contributed by atoms with Gasteiger partial charge in [-0.05, 0) is 29.9 Å². The van der Waals surface area contributed by atoms with Gasteiger partial charge in [-0.3, -0.25) is 19.3 Å². The molecular weight excluding hydrogens is 526 g/mol. The van der Waals surface area contributed by atoms with Crippen molar-refractivity contribution in [2.45, 2.75) is 47.0 Å². The van der Waals surface area contributed by atoms with E-state index < -0.39 is 0 Å². The van der Waals surface area contributed by atoms with Gasteiger partial charge in [-0.15, -0.1) is 0 Å². The number of carbonyl (C=O) groups is 3.